The number of benzene rings is 1. The summed E-state index contributed by atoms with van der Waals surface area (Å²) in [6.07, 6.45) is 2.53. The molecule has 2 heterocycles. The lowest BCUT2D eigenvalue weighted by atomic mass is 10.2. The van der Waals surface area contributed by atoms with E-state index in [4.69, 9.17) is 4.74 Å². The highest BCUT2D eigenvalue weighted by Crippen LogP contribution is 2.21. The van der Waals surface area contributed by atoms with E-state index >= 15 is 0 Å². The van der Waals surface area contributed by atoms with E-state index in [9.17, 15) is 4.79 Å². The normalized spacial score (nSPS) is 10.7. The van der Waals surface area contributed by atoms with Crippen LogP contribution in [0.25, 0.3) is 5.82 Å². The number of pyridine rings is 1. The summed E-state index contributed by atoms with van der Waals surface area (Å²) < 4.78 is 7.84. The zero-order valence-corrected chi connectivity index (χ0v) is 17.0. The molecule has 0 aliphatic rings. The predicted molar refractivity (Wildman–Crippen MR) is 111 cm³/mol. The number of hydrogen-bond donors (Lipinski definition) is 0. The van der Waals surface area contributed by atoms with Crippen molar-refractivity contribution in [2.75, 3.05) is 20.2 Å². The quantitative estimate of drug-likeness (QED) is 0.576. The first kappa shape index (κ1) is 19.7. The number of para-hydroxylation sites is 1. The van der Waals surface area contributed by atoms with Crippen LogP contribution >= 0.6 is 0 Å². The van der Waals surface area contributed by atoms with Crippen molar-refractivity contribution < 1.29 is 9.53 Å². The van der Waals surface area contributed by atoms with Crippen molar-refractivity contribution in [2.24, 2.45) is 0 Å². The van der Waals surface area contributed by atoms with Gasteiger partial charge in [0.05, 0.1) is 12.2 Å². The van der Waals surface area contributed by atoms with E-state index in [1.807, 2.05) is 80.9 Å². The molecule has 0 aliphatic carbocycles. The van der Waals surface area contributed by atoms with Crippen LogP contribution in [0.5, 0.6) is 5.75 Å². The van der Waals surface area contributed by atoms with Gasteiger partial charge in [-0.3, -0.25) is 4.79 Å². The van der Waals surface area contributed by atoms with E-state index in [-0.39, 0.29) is 5.91 Å². The van der Waals surface area contributed by atoms with Crippen molar-refractivity contribution in [3.05, 3.63) is 77.2 Å². The summed E-state index contributed by atoms with van der Waals surface area (Å²) in [7, 11) is 1.84. The maximum absolute atomic E-state index is 12.9. The molecule has 1 aromatic carbocycles. The molecule has 0 spiro atoms. The lowest BCUT2D eigenvalue weighted by molar-refractivity contribution is 0.0787. The number of amides is 1. The number of nitrogens with zero attached hydrogens (tertiary/aromatic N) is 3. The van der Waals surface area contributed by atoms with Gasteiger partial charge >= 0.3 is 0 Å². The van der Waals surface area contributed by atoms with Gasteiger partial charge in [-0.1, -0.05) is 24.3 Å². The molecule has 0 aliphatic heterocycles. The summed E-state index contributed by atoms with van der Waals surface area (Å²) in [4.78, 5) is 19.1. The highest BCUT2D eigenvalue weighted by Gasteiger charge is 2.20. The molecule has 0 saturated heterocycles. The zero-order chi connectivity index (χ0) is 20.1. The molecule has 5 nitrogen and oxygen atoms in total. The van der Waals surface area contributed by atoms with Crippen LogP contribution in [-0.4, -0.2) is 40.6 Å². The molecule has 0 bridgehead atoms. The number of carbonyl (C=O) groups is 1. The fraction of sp³-hybridized carbons (Fsp3) is 0.304. The standard InChI is InChI=1S/C23H27N3O2/c1-17-10-5-6-11-21(17)28-15-9-14-25(4)23(27)20-16-18(2)26(19(20)3)22-12-7-8-13-24-22/h5-8,10-13,16H,9,14-15H2,1-4H3. The minimum Gasteiger partial charge on any atom is -0.493 e. The Labute approximate surface area is 166 Å². The Kier molecular flexibility index (Phi) is 6.14. The SMILES string of the molecule is Cc1ccccc1OCCCN(C)C(=O)c1cc(C)n(-c2ccccn2)c1C. The largest absolute Gasteiger partial charge is 0.493 e. The Bertz CT molecular complexity index is 948. The molecule has 146 valence electrons. The van der Waals surface area contributed by atoms with E-state index in [0.717, 1.165) is 34.9 Å². The van der Waals surface area contributed by atoms with Gasteiger partial charge in [0.15, 0.2) is 0 Å². The average Bonchev–Trinajstić information content (AvgIpc) is 3.00. The molecular weight excluding hydrogens is 350 g/mol. The van der Waals surface area contributed by atoms with E-state index in [1.54, 1.807) is 11.1 Å². The number of carbonyl (C=O) groups excluding carboxylic acids is 1. The van der Waals surface area contributed by atoms with E-state index in [2.05, 4.69) is 4.98 Å². The van der Waals surface area contributed by atoms with Crippen LogP contribution in [0.15, 0.2) is 54.7 Å². The first-order chi connectivity index (χ1) is 13.5. The second-order valence-corrected chi connectivity index (χ2v) is 7.00. The fourth-order valence-corrected chi connectivity index (χ4v) is 3.33. The topological polar surface area (TPSA) is 47.4 Å². The Morgan fingerprint density at radius 3 is 2.57 bits per heavy atom. The second kappa shape index (κ2) is 8.74. The Hall–Kier alpha value is -3.08. The molecule has 28 heavy (non-hydrogen) atoms. The lowest BCUT2D eigenvalue weighted by Crippen LogP contribution is -2.29. The molecule has 0 atom stereocenters. The zero-order valence-electron chi connectivity index (χ0n) is 17.0. The van der Waals surface area contributed by atoms with E-state index < -0.39 is 0 Å². The lowest BCUT2D eigenvalue weighted by Gasteiger charge is -2.18. The highest BCUT2D eigenvalue weighted by atomic mass is 16.5. The summed E-state index contributed by atoms with van der Waals surface area (Å²) in [5.74, 6) is 1.74. The van der Waals surface area contributed by atoms with Crippen molar-refractivity contribution in [1.29, 1.82) is 0 Å². The summed E-state index contributed by atoms with van der Waals surface area (Å²) in [6.45, 7) is 7.20. The summed E-state index contributed by atoms with van der Waals surface area (Å²) in [5, 5.41) is 0. The summed E-state index contributed by atoms with van der Waals surface area (Å²) in [5.41, 5.74) is 3.74. The van der Waals surface area contributed by atoms with Gasteiger partial charge in [-0.15, -0.1) is 0 Å². The Balaban J connectivity index is 1.61. The Morgan fingerprint density at radius 2 is 1.86 bits per heavy atom. The first-order valence-corrected chi connectivity index (χ1v) is 9.53. The molecule has 1 amide bonds. The van der Waals surface area contributed by atoms with Crippen molar-refractivity contribution in [3.63, 3.8) is 0 Å². The third-order valence-corrected chi connectivity index (χ3v) is 4.88. The van der Waals surface area contributed by atoms with Crippen molar-refractivity contribution >= 4 is 5.91 Å². The smallest absolute Gasteiger partial charge is 0.255 e. The number of aryl methyl sites for hydroxylation is 2. The molecular formula is C23H27N3O2. The molecule has 3 rings (SSSR count). The highest BCUT2D eigenvalue weighted by molar-refractivity contribution is 5.95. The van der Waals surface area contributed by atoms with Crippen LogP contribution < -0.4 is 4.74 Å². The monoisotopic (exact) mass is 377 g/mol. The van der Waals surface area contributed by atoms with Gasteiger partial charge in [-0.25, -0.2) is 4.98 Å². The summed E-state index contributed by atoms with van der Waals surface area (Å²) >= 11 is 0. The van der Waals surface area contributed by atoms with Gasteiger partial charge in [-0.05, 0) is 57.0 Å². The third kappa shape index (κ3) is 4.25. The number of aromatic nitrogens is 2. The molecule has 0 N–H and O–H groups in total. The van der Waals surface area contributed by atoms with Crippen LogP contribution in [0.1, 0.15) is 33.7 Å². The minimum absolute atomic E-state index is 0.0196. The van der Waals surface area contributed by atoms with Gasteiger partial charge in [0.2, 0.25) is 0 Å². The van der Waals surface area contributed by atoms with Crippen LogP contribution in [0.2, 0.25) is 0 Å². The van der Waals surface area contributed by atoms with Crippen LogP contribution in [0, 0.1) is 20.8 Å². The molecule has 0 fully saturated rings. The Morgan fingerprint density at radius 1 is 1.11 bits per heavy atom. The van der Waals surface area contributed by atoms with Gasteiger partial charge in [0.25, 0.3) is 5.91 Å². The van der Waals surface area contributed by atoms with Crippen LogP contribution in [0.3, 0.4) is 0 Å². The third-order valence-electron chi connectivity index (χ3n) is 4.88. The van der Waals surface area contributed by atoms with Crippen molar-refractivity contribution in [2.45, 2.75) is 27.2 Å². The minimum atomic E-state index is 0.0196. The van der Waals surface area contributed by atoms with Crippen LogP contribution in [0.4, 0.5) is 0 Å². The second-order valence-electron chi connectivity index (χ2n) is 7.00. The molecule has 5 heteroatoms. The maximum Gasteiger partial charge on any atom is 0.255 e. The molecule has 2 aromatic heterocycles. The predicted octanol–water partition coefficient (Wildman–Crippen LogP) is 4.34. The van der Waals surface area contributed by atoms with E-state index in [0.29, 0.717) is 18.7 Å². The molecule has 0 radical (unpaired) electrons. The maximum atomic E-state index is 12.9. The molecule has 0 unspecified atom stereocenters. The average molecular weight is 377 g/mol. The van der Waals surface area contributed by atoms with Gasteiger partial charge in [-0.2, -0.15) is 0 Å². The number of rotatable bonds is 7. The van der Waals surface area contributed by atoms with Crippen LogP contribution in [-0.2, 0) is 0 Å². The van der Waals surface area contributed by atoms with Gasteiger partial charge in [0.1, 0.15) is 11.6 Å². The van der Waals surface area contributed by atoms with Crippen molar-refractivity contribution in [3.8, 4) is 11.6 Å². The molecule has 0 saturated carbocycles. The van der Waals surface area contributed by atoms with Gasteiger partial charge in [0, 0.05) is 31.2 Å². The van der Waals surface area contributed by atoms with Crippen molar-refractivity contribution in [1.82, 2.24) is 14.5 Å². The first-order valence-electron chi connectivity index (χ1n) is 9.53. The molecule has 3 aromatic rings. The fourth-order valence-electron chi connectivity index (χ4n) is 3.33. The number of ether oxygens (including phenoxy) is 1. The van der Waals surface area contributed by atoms with Gasteiger partial charge < -0.3 is 14.2 Å². The van der Waals surface area contributed by atoms with E-state index in [1.165, 1.54) is 0 Å². The summed E-state index contributed by atoms with van der Waals surface area (Å²) in [6, 6.07) is 15.7. The number of hydrogen-bond acceptors (Lipinski definition) is 3.